The highest BCUT2D eigenvalue weighted by Gasteiger charge is 2.22. The molecule has 0 amide bonds. The molecule has 0 spiro atoms. The van der Waals surface area contributed by atoms with Crippen molar-refractivity contribution in [2.45, 2.75) is 19.5 Å². The Hall–Kier alpha value is -3.19. The molecule has 3 aromatic rings. The van der Waals surface area contributed by atoms with Crippen LogP contribution >= 0.6 is 0 Å². The predicted molar refractivity (Wildman–Crippen MR) is 103 cm³/mol. The van der Waals surface area contributed by atoms with Gasteiger partial charge in [0, 0.05) is 43.2 Å². The third kappa shape index (κ3) is 3.25. The average Bonchev–Trinajstić information content (AvgIpc) is 2.74. The average molecular weight is 376 g/mol. The fourth-order valence-corrected chi connectivity index (χ4v) is 3.72. The Morgan fingerprint density at radius 2 is 1.89 bits per heavy atom. The lowest BCUT2D eigenvalue weighted by Gasteiger charge is -2.28. The molecule has 28 heavy (non-hydrogen) atoms. The first-order valence-corrected chi connectivity index (χ1v) is 9.39. The van der Waals surface area contributed by atoms with Crippen LogP contribution in [0.25, 0.3) is 11.4 Å². The number of hydrogen-bond acceptors (Lipinski definition) is 6. The molecule has 0 saturated heterocycles. The number of aromatic amines is 1. The lowest BCUT2D eigenvalue weighted by Crippen LogP contribution is -2.35. The van der Waals surface area contributed by atoms with E-state index in [9.17, 15) is 4.79 Å². The van der Waals surface area contributed by atoms with E-state index < -0.39 is 0 Å². The van der Waals surface area contributed by atoms with Crippen LogP contribution in [-0.2, 0) is 19.5 Å². The zero-order chi connectivity index (χ0) is 18.9. The van der Waals surface area contributed by atoms with E-state index in [0.29, 0.717) is 32.0 Å². The quantitative estimate of drug-likeness (QED) is 0.755. The molecular weight excluding hydrogens is 356 g/mol. The summed E-state index contributed by atoms with van der Waals surface area (Å²) in [5.41, 5.74) is 3.61. The summed E-state index contributed by atoms with van der Waals surface area (Å²) in [5.74, 6) is 2.19. The molecule has 2 aliphatic heterocycles. The van der Waals surface area contributed by atoms with Gasteiger partial charge in [0.05, 0.1) is 5.69 Å². The number of nitrogens with one attached hydrogen (secondary N) is 1. The van der Waals surface area contributed by atoms with Crippen molar-refractivity contribution in [2.24, 2.45) is 0 Å². The Morgan fingerprint density at radius 1 is 1.07 bits per heavy atom. The van der Waals surface area contributed by atoms with Gasteiger partial charge in [0.25, 0.3) is 5.56 Å². The molecular formula is C21H20N4O3. The first-order chi connectivity index (χ1) is 13.8. The van der Waals surface area contributed by atoms with Crippen LogP contribution in [0.4, 0.5) is 0 Å². The lowest BCUT2D eigenvalue weighted by molar-refractivity contribution is 0.171. The fraction of sp³-hybridized carbons (Fsp3) is 0.286. The topological polar surface area (TPSA) is 80.3 Å². The summed E-state index contributed by atoms with van der Waals surface area (Å²) < 4.78 is 11.3. The second-order valence-corrected chi connectivity index (χ2v) is 7.01. The largest absolute Gasteiger partial charge is 0.486 e. The van der Waals surface area contributed by atoms with Gasteiger partial charge in [0.1, 0.15) is 19.0 Å². The van der Waals surface area contributed by atoms with Gasteiger partial charge < -0.3 is 14.5 Å². The highest BCUT2D eigenvalue weighted by Crippen LogP contribution is 2.31. The second-order valence-electron chi connectivity index (χ2n) is 7.01. The van der Waals surface area contributed by atoms with Crippen molar-refractivity contribution in [1.82, 2.24) is 19.9 Å². The van der Waals surface area contributed by atoms with Crippen molar-refractivity contribution in [2.75, 3.05) is 19.8 Å². The number of nitrogens with zero attached hydrogens (tertiary/aromatic N) is 3. The van der Waals surface area contributed by atoms with Gasteiger partial charge >= 0.3 is 0 Å². The first-order valence-electron chi connectivity index (χ1n) is 9.39. The summed E-state index contributed by atoms with van der Waals surface area (Å²) >= 11 is 0. The molecule has 7 nitrogen and oxygen atoms in total. The van der Waals surface area contributed by atoms with Crippen LogP contribution in [0, 0.1) is 0 Å². The highest BCUT2D eigenvalue weighted by molar-refractivity contribution is 5.54. The molecule has 0 bridgehead atoms. The molecule has 142 valence electrons. The van der Waals surface area contributed by atoms with Gasteiger partial charge in [-0.05, 0) is 36.2 Å². The monoisotopic (exact) mass is 376 g/mol. The molecule has 0 saturated carbocycles. The van der Waals surface area contributed by atoms with Crippen LogP contribution in [0.2, 0.25) is 0 Å². The molecule has 0 aliphatic carbocycles. The van der Waals surface area contributed by atoms with E-state index in [1.165, 1.54) is 0 Å². The molecule has 4 heterocycles. The van der Waals surface area contributed by atoms with Crippen molar-refractivity contribution >= 4 is 0 Å². The minimum atomic E-state index is -0.0456. The number of aromatic nitrogens is 3. The molecule has 1 N–H and O–H groups in total. The van der Waals surface area contributed by atoms with Gasteiger partial charge in [-0.25, -0.2) is 4.98 Å². The lowest BCUT2D eigenvalue weighted by atomic mass is 10.0. The van der Waals surface area contributed by atoms with E-state index in [-0.39, 0.29) is 5.56 Å². The Morgan fingerprint density at radius 3 is 2.75 bits per heavy atom. The zero-order valence-electron chi connectivity index (χ0n) is 15.4. The van der Waals surface area contributed by atoms with Gasteiger partial charge in [0.2, 0.25) is 0 Å². The Bertz CT molecular complexity index is 1060. The maximum absolute atomic E-state index is 12.5. The number of benzene rings is 1. The normalized spacial score (nSPS) is 15.9. The van der Waals surface area contributed by atoms with E-state index in [0.717, 1.165) is 47.0 Å². The summed E-state index contributed by atoms with van der Waals surface area (Å²) in [7, 11) is 0. The van der Waals surface area contributed by atoms with Gasteiger partial charge in [-0.2, -0.15) is 0 Å². The maximum atomic E-state index is 12.5. The second kappa shape index (κ2) is 7.09. The third-order valence-corrected chi connectivity index (χ3v) is 5.12. The molecule has 2 aliphatic rings. The van der Waals surface area contributed by atoms with Gasteiger partial charge in [-0.15, -0.1) is 0 Å². The summed E-state index contributed by atoms with van der Waals surface area (Å²) in [6, 6.07) is 9.77. The third-order valence-electron chi connectivity index (χ3n) is 5.12. The number of H-pyrrole nitrogens is 1. The van der Waals surface area contributed by atoms with Crippen molar-refractivity contribution in [3.8, 4) is 22.9 Å². The highest BCUT2D eigenvalue weighted by atomic mass is 16.6. The van der Waals surface area contributed by atoms with Gasteiger partial charge in [-0.1, -0.05) is 6.07 Å². The summed E-state index contributed by atoms with van der Waals surface area (Å²) in [6.07, 6.45) is 4.09. The maximum Gasteiger partial charge on any atom is 0.254 e. The Labute approximate surface area is 162 Å². The Kier molecular flexibility index (Phi) is 4.29. The predicted octanol–water partition coefficient (Wildman–Crippen LogP) is 2.16. The molecule has 0 fully saturated rings. The zero-order valence-corrected chi connectivity index (χ0v) is 15.4. The first kappa shape index (κ1) is 16.9. The number of pyridine rings is 1. The van der Waals surface area contributed by atoms with E-state index >= 15 is 0 Å². The molecule has 0 atom stereocenters. The minimum Gasteiger partial charge on any atom is -0.486 e. The van der Waals surface area contributed by atoms with Crippen LogP contribution in [-0.4, -0.2) is 39.6 Å². The van der Waals surface area contributed by atoms with Crippen molar-refractivity contribution in [3.05, 3.63) is 69.9 Å². The molecule has 1 aromatic carbocycles. The fourth-order valence-electron chi connectivity index (χ4n) is 3.72. The summed E-state index contributed by atoms with van der Waals surface area (Å²) in [6.45, 7) is 3.41. The molecule has 7 heteroatoms. The van der Waals surface area contributed by atoms with Gasteiger partial charge in [-0.3, -0.25) is 14.7 Å². The summed E-state index contributed by atoms with van der Waals surface area (Å²) in [4.78, 5) is 26.5. The van der Waals surface area contributed by atoms with Crippen LogP contribution in [0.15, 0.2) is 47.5 Å². The standard InChI is InChI=1S/C21H20N4O3/c26-21-16-5-8-25(12-14-1-2-18-19(11-14)28-10-9-27-18)13-17(16)23-20(24-21)15-3-6-22-7-4-15/h1-4,6-7,11H,5,8-10,12-13H2,(H,23,24,26). The molecule has 0 unspecified atom stereocenters. The number of rotatable bonds is 3. The van der Waals surface area contributed by atoms with E-state index in [1.54, 1.807) is 12.4 Å². The van der Waals surface area contributed by atoms with E-state index in [1.807, 2.05) is 24.3 Å². The van der Waals surface area contributed by atoms with E-state index in [4.69, 9.17) is 14.5 Å². The van der Waals surface area contributed by atoms with Crippen LogP contribution in [0.5, 0.6) is 11.5 Å². The number of hydrogen-bond donors (Lipinski definition) is 1. The molecule has 2 aromatic heterocycles. The van der Waals surface area contributed by atoms with Crippen molar-refractivity contribution in [3.63, 3.8) is 0 Å². The van der Waals surface area contributed by atoms with Gasteiger partial charge in [0.15, 0.2) is 11.5 Å². The molecule has 5 rings (SSSR count). The summed E-state index contributed by atoms with van der Waals surface area (Å²) in [5, 5.41) is 0. The van der Waals surface area contributed by atoms with Crippen LogP contribution in [0.3, 0.4) is 0 Å². The number of ether oxygens (including phenoxy) is 2. The van der Waals surface area contributed by atoms with Crippen LogP contribution in [0.1, 0.15) is 16.8 Å². The smallest absolute Gasteiger partial charge is 0.254 e. The van der Waals surface area contributed by atoms with E-state index in [2.05, 4.69) is 20.9 Å². The van der Waals surface area contributed by atoms with Crippen molar-refractivity contribution in [1.29, 1.82) is 0 Å². The van der Waals surface area contributed by atoms with Crippen molar-refractivity contribution < 1.29 is 9.47 Å². The van der Waals surface area contributed by atoms with Crippen LogP contribution < -0.4 is 15.0 Å². The minimum absolute atomic E-state index is 0.0456. The molecule has 0 radical (unpaired) electrons. The SMILES string of the molecule is O=c1[nH]c(-c2ccncc2)nc2c1CCN(Cc1ccc3c(c1)OCCO3)C2. The Balaban J connectivity index is 1.39. The number of fused-ring (bicyclic) bond motifs is 2.